The third-order valence-corrected chi connectivity index (χ3v) is 6.28. The molecule has 0 aliphatic heterocycles. The Morgan fingerprint density at radius 2 is 0.675 bits per heavy atom. The number of hydrogen-bond donors (Lipinski definition) is 0. The van der Waals surface area contributed by atoms with Gasteiger partial charge in [-0.3, -0.25) is 0 Å². The minimum Gasteiger partial charge on any atom is 0 e. The summed E-state index contributed by atoms with van der Waals surface area (Å²) in [6.45, 7) is 0. The Balaban J connectivity index is 0.000000381. The topological polar surface area (TPSA) is 34.1 Å². The number of benzene rings is 4. The van der Waals surface area contributed by atoms with Crippen molar-refractivity contribution < 1.29 is 88.8 Å². The van der Waals surface area contributed by atoms with Crippen LogP contribution >= 0.6 is 0 Å². The smallest absolute Gasteiger partial charge is 0 e. The second-order valence-electron chi connectivity index (χ2n) is 7.96. The van der Waals surface area contributed by atoms with Gasteiger partial charge in [0.15, 0.2) is 0 Å². The summed E-state index contributed by atoms with van der Waals surface area (Å²) < 4.78 is 1.17. The van der Waals surface area contributed by atoms with Crippen LogP contribution in [0.25, 0.3) is 24.3 Å². The largest absolute Gasteiger partial charge is 0 e. The normalized spacial score (nSPS) is 11.2. The Morgan fingerprint density at radius 3 is 0.950 bits per heavy atom. The van der Waals surface area contributed by atoms with E-state index in [0.717, 1.165) is 22.3 Å². The summed E-state index contributed by atoms with van der Waals surface area (Å²) in [4.78, 5) is 23.9. The molecular formula is C34H26O2Pd4. The molecule has 0 radical (unpaired) electrons. The fourth-order valence-electron chi connectivity index (χ4n) is 3.13. The number of rotatable bonds is 8. The molecule has 4 rings (SSSR count). The van der Waals surface area contributed by atoms with E-state index in [2.05, 4.69) is 38.4 Å². The standard InChI is InChI=1S/2C17H13O.4Pd/c2*18-17(13-11-15-7-3-1-4-8-15)14-12-16-9-5-2-6-10-16;;;;/h2*1-13H;;;;. The van der Waals surface area contributed by atoms with Gasteiger partial charge >= 0.3 is 248 Å². The van der Waals surface area contributed by atoms with Crippen LogP contribution in [0.3, 0.4) is 0 Å². The zero-order valence-corrected chi connectivity index (χ0v) is 27.3. The van der Waals surface area contributed by atoms with Crippen LogP contribution in [0.15, 0.2) is 142 Å². The first-order valence-corrected chi connectivity index (χ1v) is 13.4. The molecule has 0 aromatic heterocycles. The van der Waals surface area contributed by atoms with Crippen LogP contribution in [0.1, 0.15) is 22.3 Å². The first-order chi connectivity index (χ1) is 18.5. The maximum atomic E-state index is 11.9. The molecule has 0 fully saturated rings. The number of hydrogen-bond acceptors (Lipinski definition) is 2. The molecule has 0 unspecified atom stereocenters. The number of allylic oxidation sites excluding steroid dienone is 4. The predicted octanol–water partition coefficient (Wildman–Crippen LogP) is 7.71. The van der Waals surface area contributed by atoms with Crippen molar-refractivity contribution in [1.29, 1.82) is 0 Å². The number of carbonyl (C=O) groups is 2. The zero-order valence-electron chi connectivity index (χ0n) is 21.1. The van der Waals surface area contributed by atoms with Crippen molar-refractivity contribution in [2.75, 3.05) is 0 Å². The molecule has 2 nitrogen and oxygen atoms in total. The molecule has 214 valence electrons. The monoisotopic (exact) mass is 890 g/mol. The van der Waals surface area contributed by atoms with Gasteiger partial charge in [0.25, 0.3) is 0 Å². The molecule has 4 aromatic rings. The fraction of sp³-hybridized carbons (Fsp3) is 0. The Bertz CT molecular complexity index is 1320. The van der Waals surface area contributed by atoms with Gasteiger partial charge in [0.2, 0.25) is 0 Å². The van der Waals surface area contributed by atoms with E-state index < -0.39 is 0 Å². The van der Waals surface area contributed by atoms with Crippen molar-refractivity contribution >= 4 is 35.9 Å². The summed E-state index contributed by atoms with van der Waals surface area (Å²) in [7, 11) is 0. The van der Waals surface area contributed by atoms with Gasteiger partial charge < -0.3 is 0 Å². The first-order valence-electron chi connectivity index (χ1n) is 11.8. The van der Waals surface area contributed by atoms with E-state index in [1.165, 1.54) is 0 Å². The predicted molar refractivity (Wildman–Crippen MR) is 150 cm³/mol. The SMILES string of the molecule is O=C(C=Cc1ccccc1)[C]([Pd])=Cc1ccccc1.O=C(C=Cc1ccccc1)[C]([Pd])=Cc1ccccc1.[Pd].[Pd]. The molecule has 0 aliphatic rings. The van der Waals surface area contributed by atoms with Crippen molar-refractivity contribution in [3.05, 3.63) is 164 Å². The number of ketones is 2. The molecule has 0 spiro atoms. The van der Waals surface area contributed by atoms with E-state index in [9.17, 15) is 9.59 Å². The summed E-state index contributed by atoms with van der Waals surface area (Å²) in [5.74, 6) is -0.0635. The van der Waals surface area contributed by atoms with E-state index in [1.54, 1.807) is 12.2 Å². The van der Waals surface area contributed by atoms with Crippen molar-refractivity contribution in [3.8, 4) is 0 Å². The molecular weight excluding hydrogens is 866 g/mol. The number of carbonyl (C=O) groups excluding carboxylic acids is 2. The van der Waals surface area contributed by atoms with Gasteiger partial charge in [-0.05, 0) is 0 Å². The van der Waals surface area contributed by atoms with Crippen molar-refractivity contribution in [1.82, 2.24) is 0 Å². The van der Waals surface area contributed by atoms with Gasteiger partial charge in [-0.2, -0.15) is 0 Å². The van der Waals surface area contributed by atoms with E-state index in [4.69, 9.17) is 0 Å². The summed E-state index contributed by atoms with van der Waals surface area (Å²) in [5.41, 5.74) is 4.04. The summed E-state index contributed by atoms with van der Waals surface area (Å²) in [5, 5.41) is 0. The van der Waals surface area contributed by atoms with Gasteiger partial charge in [-0.15, -0.1) is 0 Å². The van der Waals surface area contributed by atoms with Crippen LogP contribution in [0.2, 0.25) is 0 Å². The molecule has 0 aliphatic carbocycles. The molecule has 0 saturated carbocycles. The summed E-state index contributed by atoms with van der Waals surface area (Å²) in [6.07, 6.45) is 10.5. The van der Waals surface area contributed by atoms with Crippen LogP contribution in [0.5, 0.6) is 0 Å². The van der Waals surface area contributed by atoms with Crippen LogP contribution < -0.4 is 0 Å². The Morgan fingerprint density at radius 1 is 0.425 bits per heavy atom. The van der Waals surface area contributed by atoms with Crippen molar-refractivity contribution in [2.24, 2.45) is 0 Å². The summed E-state index contributed by atoms with van der Waals surface area (Å²) >= 11 is 6.04. The molecule has 6 heteroatoms. The van der Waals surface area contributed by atoms with Gasteiger partial charge in [-0.25, -0.2) is 0 Å². The Labute approximate surface area is 285 Å². The van der Waals surface area contributed by atoms with Gasteiger partial charge in [0.1, 0.15) is 0 Å². The van der Waals surface area contributed by atoms with E-state index in [1.807, 2.05) is 146 Å². The van der Waals surface area contributed by atoms with E-state index in [0.29, 0.717) is 8.09 Å². The average Bonchev–Trinajstić information content (AvgIpc) is 2.97. The quantitative estimate of drug-likeness (QED) is 0.134. The minimum absolute atomic E-state index is 0. The van der Waals surface area contributed by atoms with Gasteiger partial charge in [0, 0.05) is 40.8 Å². The molecule has 0 bridgehead atoms. The van der Waals surface area contributed by atoms with Crippen molar-refractivity contribution in [2.45, 2.75) is 0 Å². The van der Waals surface area contributed by atoms with Crippen LogP contribution in [0.4, 0.5) is 0 Å². The Hall–Kier alpha value is -2.17. The molecule has 4 aromatic carbocycles. The van der Waals surface area contributed by atoms with E-state index in [-0.39, 0.29) is 52.4 Å². The third kappa shape index (κ3) is 13.9. The van der Waals surface area contributed by atoms with Crippen LogP contribution in [-0.4, -0.2) is 11.6 Å². The maximum absolute atomic E-state index is 11.9. The molecule has 40 heavy (non-hydrogen) atoms. The zero-order chi connectivity index (χ0) is 27.0. The first kappa shape index (κ1) is 35.9. The molecule has 0 amide bonds. The van der Waals surface area contributed by atoms with Crippen molar-refractivity contribution in [3.63, 3.8) is 0 Å². The fourth-order valence-corrected chi connectivity index (χ4v) is 3.91. The Kier molecular flexibility index (Phi) is 18.5. The van der Waals surface area contributed by atoms with E-state index >= 15 is 0 Å². The molecule has 0 atom stereocenters. The third-order valence-electron chi connectivity index (χ3n) is 5.06. The average molecular weight is 892 g/mol. The second kappa shape index (κ2) is 20.7. The minimum atomic E-state index is -0.0318. The van der Waals surface area contributed by atoms with Crippen LogP contribution in [0, 0.1) is 0 Å². The molecule has 0 N–H and O–H groups in total. The summed E-state index contributed by atoms with van der Waals surface area (Å²) in [6, 6.07) is 39.0. The van der Waals surface area contributed by atoms with Gasteiger partial charge in [0.05, 0.1) is 0 Å². The van der Waals surface area contributed by atoms with Crippen LogP contribution in [-0.2, 0) is 88.8 Å². The van der Waals surface area contributed by atoms with Gasteiger partial charge in [-0.1, -0.05) is 0 Å². The molecule has 0 heterocycles. The maximum Gasteiger partial charge on any atom is 0 e. The molecule has 0 saturated heterocycles. The second-order valence-corrected chi connectivity index (χ2v) is 9.63.